The van der Waals surface area contributed by atoms with Crippen molar-refractivity contribution in [2.24, 2.45) is 5.92 Å². The van der Waals surface area contributed by atoms with Gasteiger partial charge >= 0.3 is 0 Å². The van der Waals surface area contributed by atoms with E-state index >= 15 is 0 Å². The molecule has 1 aromatic carbocycles. The number of H-pyrrole nitrogens is 1. The Hall–Kier alpha value is -2.21. The van der Waals surface area contributed by atoms with Gasteiger partial charge in [0.15, 0.2) is 0 Å². The average molecular weight is 357 g/mol. The Balaban J connectivity index is 1.78. The van der Waals surface area contributed by atoms with Gasteiger partial charge in [-0.25, -0.2) is 4.98 Å². The quantitative estimate of drug-likeness (QED) is 0.672. The first-order valence-electron chi connectivity index (χ1n) is 9.70. The second-order valence-electron chi connectivity index (χ2n) is 7.22. The summed E-state index contributed by atoms with van der Waals surface area (Å²) < 4.78 is 0. The minimum absolute atomic E-state index is 0.147. The molecule has 0 saturated heterocycles. The summed E-state index contributed by atoms with van der Waals surface area (Å²) in [7, 11) is 0. The number of rotatable bonds is 9. The van der Waals surface area contributed by atoms with Crippen LogP contribution in [-0.2, 0) is 4.79 Å². The fourth-order valence-electron chi connectivity index (χ4n) is 3.32. The Morgan fingerprint density at radius 1 is 1.27 bits per heavy atom. The van der Waals surface area contributed by atoms with E-state index in [9.17, 15) is 9.59 Å². The molecule has 0 unspecified atom stereocenters. The monoisotopic (exact) mass is 357 g/mol. The lowest BCUT2D eigenvalue weighted by Gasteiger charge is -2.29. The smallest absolute Gasteiger partial charge is 0.258 e. The molecule has 1 aliphatic rings. The van der Waals surface area contributed by atoms with Crippen LogP contribution < -0.4 is 11.3 Å². The Morgan fingerprint density at radius 2 is 2.00 bits per heavy atom. The molecule has 0 spiro atoms. The predicted octanol–water partition coefficient (Wildman–Crippen LogP) is 2.02. The van der Waals surface area contributed by atoms with E-state index in [1.165, 1.54) is 0 Å². The zero-order valence-electron chi connectivity index (χ0n) is 15.5. The molecule has 1 heterocycles. The van der Waals surface area contributed by atoms with Crippen LogP contribution in [0.5, 0.6) is 0 Å². The fourth-order valence-corrected chi connectivity index (χ4v) is 3.32. The van der Waals surface area contributed by atoms with E-state index in [1.807, 2.05) is 30.0 Å². The highest BCUT2D eigenvalue weighted by atomic mass is 16.2. The lowest BCUT2D eigenvalue weighted by Crippen LogP contribution is -2.50. The standard InChI is InChI=1S/C20H28N4O2/c1-14(18-22-17-9-5-4-8-16(17)19(25)23-18)24(20(26)15-10-11-15)13-7-3-2-6-12-21/h4-5,8-9,14-15H,2-3,6-7,10-13,21H2,1H3,(H,22,23,25)/p+1/t14-/m0/s1. The van der Waals surface area contributed by atoms with Gasteiger partial charge in [0.1, 0.15) is 5.82 Å². The van der Waals surface area contributed by atoms with Crippen molar-refractivity contribution in [3.8, 4) is 0 Å². The second kappa shape index (κ2) is 8.45. The molecule has 6 nitrogen and oxygen atoms in total. The summed E-state index contributed by atoms with van der Waals surface area (Å²) in [5.41, 5.74) is 4.40. The van der Waals surface area contributed by atoms with Gasteiger partial charge in [-0.15, -0.1) is 0 Å². The molecule has 6 heteroatoms. The summed E-state index contributed by atoms with van der Waals surface area (Å²) in [5, 5.41) is 0.580. The van der Waals surface area contributed by atoms with Gasteiger partial charge in [0.25, 0.3) is 5.56 Å². The fraction of sp³-hybridized carbons (Fsp3) is 0.550. The molecule has 1 aliphatic carbocycles. The second-order valence-corrected chi connectivity index (χ2v) is 7.22. The van der Waals surface area contributed by atoms with Gasteiger partial charge in [-0.3, -0.25) is 9.59 Å². The Morgan fingerprint density at radius 3 is 2.73 bits per heavy atom. The third-order valence-corrected chi connectivity index (χ3v) is 5.10. The van der Waals surface area contributed by atoms with Crippen LogP contribution in [-0.4, -0.2) is 33.9 Å². The minimum Gasteiger partial charge on any atom is -0.358 e. The number of nitrogens with zero attached hydrogens (tertiary/aromatic N) is 2. The number of aromatic nitrogens is 2. The minimum atomic E-state index is -0.228. The number of aromatic amines is 1. The van der Waals surface area contributed by atoms with Crippen LogP contribution in [0.4, 0.5) is 0 Å². The van der Waals surface area contributed by atoms with Crippen molar-refractivity contribution >= 4 is 16.8 Å². The van der Waals surface area contributed by atoms with Crippen LogP contribution in [0.25, 0.3) is 10.9 Å². The highest BCUT2D eigenvalue weighted by molar-refractivity contribution is 5.81. The molecule has 1 saturated carbocycles. The summed E-state index contributed by atoms with van der Waals surface area (Å²) in [4.78, 5) is 34.6. The van der Waals surface area contributed by atoms with Crippen molar-refractivity contribution < 1.29 is 10.5 Å². The number of hydrogen-bond acceptors (Lipinski definition) is 3. The highest BCUT2D eigenvalue weighted by Crippen LogP contribution is 2.33. The van der Waals surface area contributed by atoms with Crippen LogP contribution in [0.1, 0.15) is 57.3 Å². The van der Waals surface area contributed by atoms with E-state index in [0.29, 0.717) is 23.3 Å². The number of amides is 1. The molecule has 0 bridgehead atoms. The number of unbranched alkanes of at least 4 members (excludes halogenated alkanes) is 3. The third kappa shape index (κ3) is 4.30. The molecule has 140 valence electrons. The van der Waals surface area contributed by atoms with Gasteiger partial charge < -0.3 is 15.6 Å². The van der Waals surface area contributed by atoms with Gasteiger partial charge in [0, 0.05) is 12.5 Å². The summed E-state index contributed by atoms with van der Waals surface area (Å²) in [6.07, 6.45) is 6.30. The van der Waals surface area contributed by atoms with E-state index in [1.54, 1.807) is 6.07 Å². The van der Waals surface area contributed by atoms with E-state index in [-0.39, 0.29) is 23.4 Å². The number of fused-ring (bicyclic) bond motifs is 1. The zero-order valence-corrected chi connectivity index (χ0v) is 15.5. The molecule has 1 amide bonds. The molecule has 4 N–H and O–H groups in total. The molecular formula is C20H29N4O2+. The lowest BCUT2D eigenvalue weighted by atomic mass is 10.1. The average Bonchev–Trinajstić information content (AvgIpc) is 3.49. The Bertz CT molecular complexity index is 813. The maximum absolute atomic E-state index is 12.8. The summed E-state index contributed by atoms with van der Waals surface area (Å²) >= 11 is 0. The van der Waals surface area contributed by atoms with Gasteiger partial charge in [-0.1, -0.05) is 18.6 Å². The molecule has 26 heavy (non-hydrogen) atoms. The van der Waals surface area contributed by atoms with E-state index < -0.39 is 0 Å². The van der Waals surface area contributed by atoms with Crippen LogP contribution in [0, 0.1) is 5.92 Å². The molecule has 3 rings (SSSR count). The first-order valence-corrected chi connectivity index (χ1v) is 9.70. The van der Waals surface area contributed by atoms with Gasteiger partial charge in [-0.2, -0.15) is 0 Å². The maximum Gasteiger partial charge on any atom is 0.258 e. The largest absolute Gasteiger partial charge is 0.358 e. The van der Waals surface area contributed by atoms with Gasteiger partial charge in [0.2, 0.25) is 5.91 Å². The summed E-state index contributed by atoms with van der Waals surface area (Å²) in [6.45, 7) is 3.64. The van der Waals surface area contributed by atoms with Crippen molar-refractivity contribution in [1.29, 1.82) is 0 Å². The van der Waals surface area contributed by atoms with E-state index in [4.69, 9.17) is 0 Å². The number of nitrogens with one attached hydrogen (secondary N) is 1. The van der Waals surface area contributed by atoms with Crippen LogP contribution >= 0.6 is 0 Å². The van der Waals surface area contributed by atoms with Crippen LogP contribution in [0.3, 0.4) is 0 Å². The molecule has 1 aromatic heterocycles. The number of benzene rings is 1. The van der Waals surface area contributed by atoms with Gasteiger partial charge in [0.05, 0.1) is 23.5 Å². The summed E-state index contributed by atoms with van der Waals surface area (Å²) in [6, 6.07) is 7.08. The maximum atomic E-state index is 12.8. The molecule has 0 radical (unpaired) electrons. The van der Waals surface area contributed by atoms with E-state index in [2.05, 4.69) is 15.7 Å². The normalized spacial score (nSPS) is 15.2. The molecular weight excluding hydrogens is 328 g/mol. The van der Waals surface area contributed by atoms with Crippen molar-refractivity contribution in [2.45, 2.75) is 51.5 Å². The van der Waals surface area contributed by atoms with Gasteiger partial charge in [-0.05, 0) is 51.2 Å². The zero-order chi connectivity index (χ0) is 18.5. The van der Waals surface area contributed by atoms with Crippen LogP contribution in [0.2, 0.25) is 0 Å². The SMILES string of the molecule is C[C@@H](c1nc2ccccc2c(=O)[nH]1)N(CCCCCC[NH3+])C(=O)C1CC1. The predicted molar refractivity (Wildman–Crippen MR) is 101 cm³/mol. The number of quaternary nitrogens is 1. The molecule has 2 aromatic rings. The van der Waals surface area contributed by atoms with E-state index in [0.717, 1.165) is 45.1 Å². The highest BCUT2D eigenvalue weighted by Gasteiger charge is 2.36. The van der Waals surface area contributed by atoms with Crippen LogP contribution in [0.15, 0.2) is 29.1 Å². The topological polar surface area (TPSA) is 93.7 Å². The first-order chi connectivity index (χ1) is 12.6. The number of hydrogen-bond donors (Lipinski definition) is 2. The lowest BCUT2D eigenvalue weighted by molar-refractivity contribution is -0.368. The van der Waals surface area contributed by atoms with Crippen molar-refractivity contribution in [2.75, 3.05) is 13.1 Å². The Kier molecular flexibility index (Phi) is 6.04. The number of carbonyl (C=O) groups is 1. The molecule has 0 aliphatic heterocycles. The number of para-hydroxylation sites is 1. The third-order valence-electron chi connectivity index (χ3n) is 5.10. The molecule has 1 fully saturated rings. The van der Waals surface area contributed by atoms with Crippen molar-refractivity contribution in [3.05, 3.63) is 40.4 Å². The Labute approximate surface area is 153 Å². The first kappa shape index (κ1) is 18.6. The van der Waals surface area contributed by atoms with Crippen molar-refractivity contribution in [3.63, 3.8) is 0 Å². The van der Waals surface area contributed by atoms with Crippen molar-refractivity contribution in [1.82, 2.24) is 14.9 Å². The molecule has 1 atom stereocenters. The summed E-state index contributed by atoms with van der Waals surface area (Å²) in [5.74, 6) is 0.926. The number of carbonyl (C=O) groups excluding carboxylic acids is 1.